The smallest absolute Gasteiger partial charge is 0.162 e. The van der Waals surface area contributed by atoms with Gasteiger partial charge in [0.1, 0.15) is 13.2 Å². The maximum absolute atomic E-state index is 5.66. The monoisotopic (exact) mass is 326 g/mol. The van der Waals surface area contributed by atoms with E-state index in [4.69, 9.17) is 9.47 Å². The summed E-state index contributed by atoms with van der Waals surface area (Å²) >= 11 is 3.64. The van der Waals surface area contributed by atoms with Crippen LogP contribution < -0.4 is 14.8 Å². The van der Waals surface area contributed by atoms with E-state index < -0.39 is 0 Å². The number of piperazine rings is 1. The molecule has 1 N–H and O–H groups in total. The van der Waals surface area contributed by atoms with Gasteiger partial charge >= 0.3 is 0 Å². The highest BCUT2D eigenvalue weighted by Crippen LogP contribution is 2.36. The van der Waals surface area contributed by atoms with Crippen molar-refractivity contribution in [3.05, 3.63) is 22.2 Å². The predicted octanol–water partition coefficient (Wildman–Crippen LogP) is 2.01. The van der Waals surface area contributed by atoms with Crippen LogP contribution in [0.3, 0.4) is 0 Å². The van der Waals surface area contributed by atoms with Crippen LogP contribution in [0.5, 0.6) is 11.5 Å². The van der Waals surface area contributed by atoms with Crippen molar-refractivity contribution in [2.75, 3.05) is 32.8 Å². The van der Waals surface area contributed by atoms with Gasteiger partial charge in [0.05, 0.1) is 0 Å². The molecule has 1 aromatic carbocycles. The van der Waals surface area contributed by atoms with Gasteiger partial charge in [0.2, 0.25) is 0 Å². The minimum absolute atomic E-state index is 0.564. The standard InChI is InChI=1S/C14H19BrN2O2/c1-10-8-16-2-3-17(10)9-11-6-13-14(7-12(11)15)19-5-4-18-13/h6-7,10,16H,2-5,8-9H2,1H3/t10-/m1/s1. The Morgan fingerprint density at radius 3 is 2.79 bits per heavy atom. The van der Waals surface area contributed by atoms with Crippen LogP contribution in [0.1, 0.15) is 12.5 Å². The largest absolute Gasteiger partial charge is 0.486 e. The number of nitrogens with one attached hydrogen (secondary N) is 1. The van der Waals surface area contributed by atoms with Crippen molar-refractivity contribution in [3.8, 4) is 11.5 Å². The first kappa shape index (κ1) is 13.2. The first-order valence-corrected chi connectivity index (χ1v) is 7.56. The number of benzene rings is 1. The van der Waals surface area contributed by atoms with Gasteiger partial charge < -0.3 is 14.8 Å². The van der Waals surface area contributed by atoms with Crippen molar-refractivity contribution < 1.29 is 9.47 Å². The Labute approximate surface area is 122 Å². The molecule has 0 spiro atoms. The minimum Gasteiger partial charge on any atom is -0.486 e. The molecule has 0 unspecified atom stereocenters. The zero-order valence-electron chi connectivity index (χ0n) is 11.1. The Kier molecular flexibility index (Phi) is 3.96. The predicted molar refractivity (Wildman–Crippen MR) is 77.9 cm³/mol. The number of halogens is 1. The van der Waals surface area contributed by atoms with Crippen molar-refractivity contribution in [2.45, 2.75) is 19.5 Å². The normalized spacial score (nSPS) is 23.4. The molecule has 3 rings (SSSR count). The van der Waals surface area contributed by atoms with Crippen molar-refractivity contribution in [2.24, 2.45) is 0 Å². The van der Waals surface area contributed by atoms with E-state index in [1.54, 1.807) is 0 Å². The molecule has 2 aliphatic rings. The average molecular weight is 327 g/mol. The third-order valence-electron chi connectivity index (χ3n) is 3.72. The highest BCUT2D eigenvalue weighted by Gasteiger charge is 2.21. The molecule has 0 saturated carbocycles. The Balaban J connectivity index is 1.80. The maximum atomic E-state index is 5.66. The molecule has 0 bridgehead atoms. The van der Waals surface area contributed by atoms with Gasteiger partial charge in [-0.15, -0.1) is 0 Å². The molecule has 19 heavy (non-hydrogen) atoms. The summed E-state index contributed by atoms with van der Waals surface area (Å²) < 4.78 is 12.3. The summed E-state index contributed by atoms with van der Waals surface area (Å²) in [7, 11) is 0. The van der Waals surface area contributed by atoms with Crippen molar-refractivity contribution >= 4 is 15.9 Å². The van der Waals surface area contributed by atoms with Gasteiger partial charge in [-0.1, -0.05) is 15.9 Å². The van der Waals surface area contributed by atoms with E-state index >= 15 is 0 Å². The summed E-state index contributed by atoms with van der Waals surface area (Å²) in [5, 5.41) is 3.42. The lowest BCUT2D eigenvalue weighted by atomic mass is 10.1. The second-order valence-corrected chi connectivity index (χ2v) is 5.97. The molecule has 104 valence electrons. The number of hydrogen-bond acceptors (Lipinski definition) is 4. The number of fused-ring (bicyclic) bond motifs is 1. The number of hydrogen-bond donors (Lipinski definition) is 1. The second-order valence-electron chi connectivity index (χ2n) is 5.11. The van der Waals surface area contributed by atoms with Gasteiger partial charge in [0, 0.05) is 36.7 Å². The molecular weight excluding hydrogens is 308 g/mol. The summed E-state index contributed by atoms with van der Waals surface area (Å²) in [5.41, 5.74) is 1.26. The van der Waals surface area contributed by atoms with E-state index in [9.17, 15) is 0 Å². The number of rotatable bonds is 2. The maximum Gasteiger partial charge on any atom is 0.162 e. The molecule has 2 heterocycles. The number of ether oxygens (including phenoxy) is 2. The van der Waals surface area contributed by atoms with E-state index in [2.05, 4.69) is 39.1 Å². The summed E-state index contributed by atoms with van der Waals surface area (Å²) in [4.78, 5) is 2.49. The molecule has 1 aromatic rings. The summed E-state index contributed by atoms with van der Waals surface area (Å²) in [5.74, 6) is 1.71. The van der Waals surface area contributed by atoms with Gasteiger partial charge in [-0.25, -0.2) is 0 Å². The second kappa shape index (κ2) is 5.69. The fraction of sp³-hybridized carbons (Fsp3) is 0.571. The van der Waals surface area contributed by atoms with E-state index in [-0.39, 0.29) is 0 Å². The third kappa shape index (κ3) is 2.88. The van der Waals surface area contributed by atoms with E-state index in [0.717, 1.165) is 42.2 Å². The molecule has 1 saturated heterocycles. The molecule has 1 atom stereocenters. The first-order chi connectivity index (χ1) is 9.24. The summed E-state index contributed by atoms with van der Waals surface area (Å²) in [6.07, 6.45) is 0. The zero-order chi connectivity index (χ0) is 13.2. The van der Waals surface area contributed by atoms with E-state index in [0.29, 0.717) is 19.3 Å². The fourth-order valence-electron chi connectivity index (χ4n) is 2.56. The molecule has 1 fully saturated rings. The number of nitrogens with zero attached hydrogens (tertiary/aromatic N) is 1. The van der Waals surface area contributed by atoms with Crippen LogP contribution in [-0.4, -0.2) is 43.8 Å². The van der Waals surface area contributed by atoms with Gasteiger partial charge in [0.15, 0.2) is 11.5 Å². The van der Waals surface area contributed by atoms with Crippen LogP contribution >= 0.6 is 15.9 Å². The fourth-order valence-corrected chi connectivity index (χ4v) is 3.01. The lowest BCUT2D eigenvalue weighted by molar-refractivity contribution is 0.161. The van der Waals surface area contributed by atoms with Crippen molar-refractivity contribution in [1.29, 1.82) is 0 Å². The highest BCUT2D eigenvalue weighted by atomic mass is 79.9. The Hall–Kier alpha value is -0.780. The summed E-state index contributed by atoms with van der Waals surface area (Å²) in [6, 6.07) is 4.69. The van der Waals surface area contributed by atoms with Crippen LogP contribution in [0.2, 0.25) is 0 Å². The summed E-state index contributed by atoms with van der Waals surface area (Å²) in [6.45, 7) is 7.68. The molecule has 2 aliphatic heterocycles. The quantitative estimate of drug-likeness (QED) is 0.901. The average Bonchev–Trinajstić information content (AvgIpc) is 2.42. The van der Waals surface area contributed by atoms with E-state index in [1.165, 1.54) is 5.56 Å². The van der Waals surface area contributed by atoms with Crippen LogP contribution in [0.15, 0.2) is 16.6 Å². The topological polar surface area (TPSA) is 33.7 Å². The highest BCUT2D eigenvalue weighted by molar-refractivity contribution is 9.10. The molecule has 4 nitrogen and oxygen atoms in total. The van der Waals surface area contributed by atoms with E-state index in [1.807, 2.05) is 6.07 Å². The van der Waals surface area contributed by atoms with Crippen LogP contribution in [0.4, 0.5) is 0 Å². The lowest BCUT2D eigenvalue weighted by Crippen LogP contribution is -2.49. The zero-order valence-corrected chi connectivity index (χ0v) is 12.7. The van der Waals surface area contributed by atoms with Gasteiger partial charge in [0.25, 0.3) is 0 Å². The SMILES string of the molecule is C[C@@H]1CNCCN1Cc1cc2c(cc1Br)OCCO2. The molecule has 5 heteroatoms. The van der Waals surface area contributed by atoms with Gasteiger partial charge in [-0.2, -0.15) is 0 Å². The van der Waals surface area contributed by atoms with Crippen molar-refractivity contribution in [1.82, 2.24) is 10.2 Å². The van der Waals surface area contributed by atoms with Crippen LogP contribution in [0.25, 0.3) is 0 Å². The molecule has 0 aliphatic carbocycles. The minimum atomic E-state index is 0.564. The van der Waals surface area contributed by atoms with Gasteiger partial charge in [-0.3, -0.25) is 4.90 Å². The Morgan fingerprint density at radius 2 is 2.05 bits per heavy atom. The first-order valence-electron chi connectivity index (χ1n) is 6.77. The lowest BCUT2D eigenvalue weighted by Gasteiger charge is -2.34. The molecule has 0 radical (unpaired) electrons. The Morgan fingerprint density at radius 1 is 1.32 bits per heavy atom. The molecular formula is C14H19BrN2O2. The Bertz CT molecular complexity index is 467. The van der Waals surface area contributed by atoms with Crippen molar-refractivity contribution in [3.63, 3.8) is 0 Å². The van der Waals surface area contributed by atoms with Crippen LogP contribution in [-0.2, 0) is 6.54 Å². The van der Waals surface area contributed by atoms with Gasteiger partial charge in [-0.05, 0) is 24.6 Å². The third-order valence-corrected chi connectivity index (χ3v) is 4.46. The van der Waals surface area contributed by atoms with Crippen LogP contribution in [0, 0.1) is 0 Å². The molecule has 0 aromatic heterocycles. The molecule has 0 amide bonds.